The molecule has 0 aromatic rings. The van der Waals surface area contributed by atoms with E-state index in [9.17, 15) is 9.59 Å². The van der Waals surface area contributed by atoms with Gasteiger partial charge in [-0.1, -0.05) is 13.8 Å². The van der Waals surface area contributed by atoms with Crippen LogP contribution in [0.15, 0.2) is 0 Å². The maximum absolute atomic E-state index is 12.0. The summed E-state index contributed by atoms with van der Waals surface area (Å²) in [5.74, 6) is 0.684. The van der Waals surface area contributed by atoms with E-state index in [1.165, 1.54) is 0 Å². The van der Waals surface area contributed by atoms with Crippen molar-refractivity contribution in [2.24, 2.45) is 23.5 Å². The van der Waals surface area contributed by atoms with Crippen molar-refractivity contribution in [3.63, 3.8) is 0 Å². The number of amides is 1. The molecule has 4 rings (SSSR count). The van der Waals surface area contributed by atoms with E-state index in [4.69, 9.17) is 15.2 Å². The van der Waals surface area contributed by atoms with Crippen molar-refractivity contribution in [2.75, 3.05) is 0 Å². The van der Waals surface area contributed by atoms with Crippen molar-refractivity contribution in [3.8, 4) is 0 Å². The standard InChI is InChI=1S/C15H23NO4/c1-9(2)12(17)19-14-4-10-3-11(5-14)7-15(6-10,8-14)20-13(16)18/h9-11H,3-8H2,1-2H3,(H2,16,18). The summed E-state index contributed by atoms with van der Waals surface area (Å²) in [7, 11) is 0. The number of nitrogens with two attached hydrogens (primary N) is 1. The van der Waals surface area contributed by atoms with Crippen LogP contribution in [-0.2, 0) is 14.3 Å². The molecule has 0 aromatic carbocycles. The zero-order chi connectivity index (χ0) is 14.5. The van der Waals surface area contributed by atoms with Crippen LogP contribution < -0.4 is 5.73 Å². The lowest BCUT2D eigenvalue weighted by Gasteiger charge is -2.60. The second kappa shape index (κ2) is 4.37. The second-order valence-corrected chi connectivity index (χ2v) is 7.32. The lowest BCUT2D eigenvalue weighted by molar-refractivity contribution is -0.220. The van der Waals surface area contributed by atoms with Crippen LogP contribution in [0.25, 0.3) is 0 Å². The number of rotatable bonds is 3. The zero-order valence-corrected chi connectivity index (χ0v) is 12.2. The fourth-order valence-electron chi connectivity index (χ4n) is 4.88. The largest absolute Gasteiger partial charge is 0.459 e. The molecule has 112 valence electrons. The van der Waals surface area contributed by atoms with Crippen LogP contribution in [0, 0.1) is 17.8 Å². The minimum atomic E-state index is -0.711. The van der Waals surface area contributed by atoms with Crippen molar-refractivity contribution >= 4 is 12.1 Å². The summed E-state index contributed by atoms with van der Waals surface area (Å²) in [6.07, 6.45) is 4.62. The third-order valence-corrected chi connectivity index (χ3v) is 5.06. The van der Waals surface area contributed by atoms with Gasteiger partial charge in [-0.15, -0.1) is 0 Å². The van der Waals surface area contributed by atoms with E-state index in [1.54, 1.807) is 0 Å². The Bertz CT molecular complexity index is 431. The number of hydrogen-bond acceptors (Lipinski definition) is 4. The SMILES string of the molecule is CC(C)C(=O)OC12CC3CC(CC(OC(N)=O)(C3)C1)C2. The Hall–Kier alpha value is -1.26. The van der Waals surface area contributed by atoms with Crippen LogP contribution in [0.5, 0.6) is 0 Å². The molecule has 0 radical (unpaired) electrons. The Morgan fingerprint density at radius 1 is 1.05 bits per heavy atom. The number of primary amides is 1. The van der Waals surface area contributed by atoms with Crippen LogP contribution >= 0.6 is 0 Å². The Labute approximate surface area is 119 Å². The molecule has 0 aromatic heterocycles. The number of carbonyl (C=O) groups excluding carboxylic acids is 2. The van der Waals surface area contributed by atoms with Crippen molar-refractivity contribution in [2.45, 2.75) is 63.6 Å². The zero-order valence-electron chi connectivity index (χ0n) is 12.2. The van der Waals surface area contributed by atoms with Gasteiger partial charge < -0.3 is 15.2 Å². The van der Waals surface area contributed by atoms with E-state index < -0.39 is 17.3 Å². The summed E-state index contributed by atoms with van der Waals surface area (Å²) in [6.45, 7) is 3.69. The molecule has 20 heavy (non-hydrogen) atoms. The maximum Gasteiger partial charge on any atom is 0.405 e. The van der Waals surface area contributed by atoms with Crippen LogP contribution in [-0.4, -0.2) is 23.3 Å². The van der Waals surface area contributed by atoms with Crippen LogP contribution in [0.1, 0.15) is 52.4 Å². The highest BCUT2D eigenvalue weighted by atomic mass is 16.6. The molecular formula is C15H23NO4. The average molecular weight is 281 g/mol. The monoisotopic (exact) mass is 281 g/mol. The molecule has 4 aliphatic rings. The van der Waals surface area contributed by atoms with E-state index in [1.807, 2.05) is 13.8 Å². The molecule has 4 fully saturated rings. The Kier molecular flexibility index (Phi) is 2.99. The van der Waals surface area contributed by atoms with Gasteiger partial charge in [0.15, 0.2) is 0 Å². The van der Waals surface area contributed by atoms with Gasteiger partial charge in [-0.2, -0.15) is 0 Å². The van der Waals surface area contributed by atoms with Gasteiger partial charge in [0, 0.05) is 6.42 Å². The molecule has 0 aliphatic heterocycles. The van der Waals surface area contributed by atoms with Gasteiger partial charge in [-0.3, -0.25) is 4.79 Å². The maximum atomic E-state index is 12.0. The topological polar surface area (TPSA) is 78.6 Å². The van der Waals surface area contributed by atoms with E-state index in [0.717, 1.165) is 32.1 Å². The number of carbonyl (C=O) groups is 2. The van der Waals surface area contributed by atoms with Gasteiger partial charge >= 0.3 is 12.1 Å². The molecule has 1 amide bonds. The van der Waals surface area contributed by atoms with E-state index >= 15 is 0 Å². The molecule has 2 unspecified atom stereocenters. The van der Waals surface area contributed by atoms with Crippen molar-refractivity contribution < 1.29 is 19.1 Å². The lowest BCUT2D eigenvalue weighted by Crippen LogP contribution is -2.62. The average Bonchev–Trinajstić information content (AvgIpc) is 2.23. The summed E-state index contributed by atoms with van der Waals surface area (Å²) in [6, 6.07) is 0. The summed E-state index contributed by atoms with van der Waals surface area (Å²) in [4.78, 5) is 23.2. The first kappa shape index (κ1) is 13.7. The fraction of sp³-hybridized carbons (Fsp3) is 0.867. The summed E-state index contributed by atoms with van der Waals surface area (Å²) in [5.41, 5.74) is 4.32. The van der Waals surface area contributed by atoms with Crippen molar-refractivity contribution in [3.05, 3.63) is 0 Å². The fourth-order valence-corrected chi connectivity index (χ4v) is 4.88. The highest BCUT2D eigenvalue weighted by molar-refractivity contribution is 5.72. The Morgan fingerprint density at radius 3 is 2.00 bits per heavy atom. The first-order valence-corrected chi connectivity index (χ1v) is 7.53. The molecule has 4 bridgehead atoms. The van der Waals surface area contributed by atoms with Gasteiger partial charge in [0.25, 0.3) is 0 Å². The predicted octanol–water partition coefficient (Wildman–Crippen LogP) is 2.37. The quantitative estimate of drug-likeness (QED) is 0.805. The lowest BCUT2D eigenvalue weighted by atomic mass is 9.52. The third-order valence-electron chi connectivity index (χ3n) is 5.06. The van der Waals surface area contributed by atoms with E-state index in [2.05, 4.69) is 0 Å². The molecule has 4 saturated carbocycles. The van der Waals surface area contributed by atoms with Gasteiger partial charge in [-0.05, 0) is 43.9 Å². The molecule has 0 heterocycles. The molecule has 2 atom stereocenters. The minimum absolute atomic E-state index is 0.129. The van der Waals surface area contributed by atoms with Gasteiger partial charge in [-0.25, -0.2) is 4.79 Å². The first-order valence-electron chi connectivity index (χ1n) is 7.53. The minimum Gasteiger partial charge on any atom is -0.459 e. The van der Waals surface area contributed by atoms with Crippen molar-refractivity contribution in [1.29, 1.82) is 0 Å². The second-order valence-electron chi connectivity index (χ2n) is 7.32. The highest BCUT2D eigenvalue weighted by Gasteiger charge is 2.61. The number of esters is 1. The van der Waals surface area contributed by atoms with Crippen LogP contribution in [0.4, 0.5) is 4.79 Å². The van der Waals surface area contributed by atoms with Crippen molar-refractivity contribution in [1.82, 2.24) is 0 Å². The number of ether oxygens (including phenoxy) is 2. The summed E-state index contributed by atoms with van der Waals surface area (Å²) < 4.78 is 11.3. The normalized spacial score (nSPS) is 41.8. The smallest absolute Gasteiger partial charge is 0.405 e. The van der Waals surface area contributed by atoms with Crippen LogP contribution in [0.2, 0.25) is 0 Å². The molecular weight excluding hydrogens is 258 g/mol. The van der Waals surface area contributed by atoms with E-state index in [-0.39, 0.29) is 11.9 Å². The molecule has 2 N–H and O–H groups in total. The molecule has 5 heteroatoms. The molecule has 4 aliphatic carbocycles. The van der Waals surface area contributed by atoms with Gasteiger partial charge in [0.05, 0.1) is 5.92 Å². The molecule has 0 saturated heterocycles. The molecule has 5 nitrogen and oxygen atoms in total. The van der Waals surface area contributed by atoms with Crippen LogP contribution in [0.3, 0.4) is 0 Å². The summed E-state index contributed by atoms with van der Waals surface area (Å²) in [5, 5.41) is 0. The third kappa shape index (κ3) is 2.27. The first-order chi connectivity index (χ1) is 9.31. The Balaban J connectivity index is 1.83. The number of hydrogen-bond donors (Lipinski definition) is 1. The summed E-state index contributed by atoms with van der Waals surface area (Å²) >= 11 is 0. The molecule has 0 spiro atoms. The van der Waals surface area contributed by atoms with Gasteiger partial charge in [0.1, 0.15) is 11.2 Å². The van der Waals surface area contributed by atoms with E-state index in [0.29, 0.717) is 18.3 Å². The predicted molar refractivity (Wildman–Crippen MR) is 71.7 cm³/mol. The van der Waals surface area contributed by atoms with Gasteiger partial charge in [0.2, 0.25) is 0 Å². The highest BCUT2D eigenvalue weighted by Crippen LogP contribution is 2.60. The Morgan fingerprint density at radius 2 is 1.55 bits per heavy atom.